The number of allylic oxidation sites excluding steroid dienone is 1. The van der Waals surface area contributed by atoms with Gasteiger partial charge in [0, 0.05) is 0 Å². The molecule has 1 aliphatic carbocycles. The normalized spacial score (nSPS) is 19.3. The van der Waals surface area contributed by atoms with E-state index >= 15 is 0 Å². The highest BCUT2D eigenvalue weighted by Crippen LogP contribution is 2.19. The molecule has 1 aliphatic rings. The fourth-order valence-electron chi connectivity index (χ4n) is 1.49. The highest BCUT2D eigenvalue weighted by atomic mass is 28.3. The molecule has 1 rings (SSSR count). The Morgan fingerprint density at radius 1 is 1.36 bits per heavy atom. The van der Waals surface area contributed by atoms with E-state index in [1.807, 2.05) is 0 Å². The van der Waals surface area contributed by atoms with E-state index in [1.165, 1.54) is 12.8 Å². The van der Waals surface area contributed by atoms with E-state index in [1.54, 1.807) is 0 Å². The van der Waals surface area contributed by atoms with Crippen molar-refractivity contribution in [2.24, 2.45) is 0 Å². The predicted molar refractivity (Wildman–Crippen MR) is 63.7 cm³/mol. The largest absolute Gasteiger partial charge is 0.376 e. The van der Waals surface area contributed by atoms with E-state index in [2.05, 4.69) is 37.2 Å². The molecule has 0 saturated carbocycles. The summed E-state index contributed by atoms with van der Waals surface area (Å²) in [6.07, 6.45) is 6.27. The molecule has 0 aromatic carbocycles. The quantitative estimate of drug-likeness (QED) is 0.399. The summed E-state index contributed by atoms with van der Waals surface area (Å²) in [5.74, 6) is 2.99. The minimum Gasteiger partial charge on any atom is -0.376 e. The first-order valence-corrected chi connectivity index (χ1v) is 8.89. The third kappa shape index (κ3) is 4.12. The molecule has 0 bridgehead atoms. The van der Waals surface area contributed by atoms with Gasteiger partial charge >= 0.3 is 0 Å². The Morgan fingerprint density at radius 2 is 2.07 bits per heavy atom. The lowest BCUT2D eigenvalue weighted by atomic mass is 9.96. The zero-order valence-electron chi connectivity index (χ0n) is 9.43. The lowest BCUT2D eigenvalue weighted by molar-refractivity contribution is 0.260. The van der Waals surface area contributed by atoms with Crippen LogP contribution in [0.1, 0.15) is 25.7 Å². The average molecular weight is 208 g/mol. The predicted octanol–water partition coefficient (Wildman–Crippen LogP) is 2.73. The molecule has 0 saturated heterocycles. The van der Waals surface area contributed by atoms with E-state index in [0.29, 0.717) is 0 Å². The summed E-state index contributed by atoms with van der Waals surface area (Å²) in [5.41, 5.74) is 4.36. The van der Waals surface area contributed by atoms with Crippen LogP contribution in [0, 0.1) is 11.5 Å². The van der Waals surface area contributed by atoms with Crippen molar-refractivity contribution in [2.45, 2.75) is 51.4 Å². The standard InChI is InChI=1S/C12H20OSi/c1-14(2,3)10-9-12(13)11-7-5-4-6-8-11/h7,12-13H,4-6,8H2,1-3H3. The van der Waals surface area contributed by atoms with Crippen molar-refractivity contribution in [3.8, 4) is 11.5 Å². The number of hydrogen-bond acceptors (Lipinski definition) is 1. The van der Waals surface area contributed by atoms with Crippen LogP contribution >= 0.6 is 0 Å². The van der Waals surface area contributed by atoms with Gasteiger partial charge in [-0.2, -0.15) is 0 Å². The monoisotopic (exact) mass is 208 g/mol. The van der Waals surface area contributed by atoms with Gasteiger partial charge in [0.05, 0.1) is 0 Å². The van der Waals surface area contributed by atoms with Crippen LogP contribution in [-0.2, 0) is 0 Å². The number of aliphatic hydroxyl groups is 1. The molecule has 0 spiro atoms. The van der Waals surface area contributed by atoms with Crippen LogP contribution in [0.5, 0.6) is 0 Å². The molecule has 0 fully saturated rings. The first kappa shape index (κ1) is 11.6. The van der Waals surface area contributed by atoms with Crippen LogP contribution in [0.2, 0.25) is 19.6 Å². The van der Waals surface area contributed by atoms with E-state index < -0.39 is 14.2 Å². The Labute approximate surface area is 88.2 Å². The molecule has 1 N–H and O–H groups in total. The van der Waals surface area contributed by atoms with Crippen LogP contribution in [0.3, 0.4) is 0 Å². The van der Waals surface area contributed by atoms with Gasteiger partial charge in [-0.3, -0.25) is 0 Å². The zero-order valence-corrected chi connectivity index (χ0v) is 10.4. The summed E-state index contributed by atoms with van der Waals surface area (Å²) in [4.78, 5) is 0. The van der Waals surface area contributed by atoms with E-state index in [-0.39, 0.29) is 0 Å². The van der Waals surface area contributed by atoms with Gasteiger partial charge in [-0.15, -0.1) is 5.54 Å². The number of rotatable bonds is 1. The second-order valence-electron chi connectivity index (χ2n) is 4.95. The topological polar surface area (TPSA) is 20.2 Å². The minimum atomic E-state index is -1.33. The summed E-state index contributed by atoms with van der Waals surface area (Å²) < 4.78 is 0. The Balaban J connectivity index is 2.60. The molecule has 0 aromatic rings. The van der Waals surface area contributed by atoms with Crippen LogP contribution in [0.4, 0.5) is 0 Å². The Morgan fingerprint density at radius 3 is 2.57 bits per heavy atom. The fourth-order valence-corrected chi connectivity index (χ4v) is 2.06. The lowest BCUT2D eigenvalue weighted by Gasteiger charge is -2.14. The molecule has 0 aliphatic heterocycles. The highest BCUT2D eigenvalue weighted by Gasteiger charge is 2.12. The van der Waals surface area contributed by atoms with E-state index in [0.717, 1.165) is 18.4 Å². The lowest BCUT2D eigenvalue weighted by Crippen LogP contribution is -2.18. The molecule has 0 aromatic heterocycles. The van der Waals surface area contributed by atoms with Crippen LogP contribution < -0.4 is 0 Å². The third-order valence-corrected chi connectivity index (χ3v) is 3.16. The van der Waals surface area contributed by atoms with E-state index in [9.17, 15) is 5.11 Å². The summed E-state index contributed by atoms with van der Waals surface area (Å²) >= 11 is 0. The molecule has 1 nitrogen and oxygen atoms in total. The fraction of sp³-hybridized carbons (Fsp3) is 0.667. The molecule has 78 valence electrons. The maximum atomic E-state index is 9.82. The van der Waals surface area contributed by atoms with Gasteiger partial charge in [0.1, 0.15) is 14.2 Å². The van der Waals surface area contributed by atoms with Crippen molar-refractivity contribution in [2.75, 3.05) is 0 Å². The summed E-state index contributed by atoms with van der Waals surface area (Å²) in [6, 6.07) is 0. The molecule has 1 atom stereocenters. The first-order valence-electron chi connectivity index (χ1n) is 5.39. The van der Waals surface area contributed by atoms with Crippen molar-refractivity contribution in [1.82, 2.24) is 0 Å². The van der Waals surface area contributed by atoms with Crippen LogP contribution in [0.15, 0.2) is 11.6 Å². The molecular formula is C12H20OSi. The van der Waals surface area contributed by atoms with E-state index in [4.69, 9.17) is 0 Å². The zero-order chi connectivity index (χ0) is 10.6. The van der Waals surface area contributed by atoms with Crippen molar-refractivity contribution in [3.05, 3.63) is 11.6 Å². The average Bonchev–Trinajstić information content (AvgIpc) is 2.14. The maximum absolute atomic E-state index is 9.82. The van der Waals surface area contributed by atoms with Gasteiger partial charge in [0.25, 0.3) is 0 Å². The van der Waals surface area contributed by atoms with Crippen molar-refractivity contribution in [3.63, 3.8) is 0 Å². The molecule has 14 heavy (non-hydrogen) atoms. The first-order chi connectivity index (χ1) is 6.49. The minimum absolute atomic E-state index is 0.498. The molecule has 2 heteroatoms. The SMILES string of the molecule is C[Si](C)(C)C#CC(O)C1=CCCCC1. The van der Waals surface area contributed by atoms with Gasteiger partial charge in [0.2, 0.25) is 0 Å². The van der Waals surface area contributed by atoms with Gasteiger partial charge < -0.3 is 5.11 Å². The second-order valence-corrected chi connectivity index (χ2v) is 9.70. The van der Waals surface area contributed by atoms with Crippen LogP contribution in [-0.4, -0.2) is 19.3 Å². The van der Waals surface area contributed by atoms with Gasteiger partial charge in [-0.05, 0) is 31.3 Å². The molecule has 0 amide bonds. The van der Waals surface area contributed by atoms with Crippen molar-refractivity contribution >= 4 is 8.07 Å². The third-order valence-electron chi connectivity index (χ3n) is 2.26. The van der Waals surface area contributed by atoms with Gasteiger partial charge in [0.15, 0.2) is 0 Å². The molecule has 0 heterocycles. The Kier molecular flexibility index (Phi) is 3.97. The summed E-state index contributed by atoms with van der Waals surface area (Å²) in [6.45, 7) is 6.59. The van der Waals surface area contributed by atoms with Gasteiger partial charge in [-0.25, -0.2) is 0 Å². The summed E-state index contributed by atoms with van der Waals surface area (Å²) in [7, 11) is -1.33. The highest BCUT2D eigenvalue weighted by molar-refractivity contribution is 6.83. The second kappa shape index (κ2) is 4.81. The Bertz CT molecular complexity index is 275. The van der Waals surface area contributed by atoms with Crippen LogP contribution in [0.25, 0.3) is 0 Å². The summed E-state index contributed by atoms with van der Waals surface area (Å²) in [5, 5.41) is 9.82. The molecular weight excluding hydrogens is 188 g/mol. The Hall–Kier alpha value is -0.523. The van der Waals surface area contributed by atoms with Crippen molar-refractivity contribution < 1.29 is 5.11 Å². The number of hydrogen-bond donors (Lipinski definition) is 1. The molecule has 1 unspecified atom stereocenters. The van der Waals surface area contributed by atoms with Crippen molar-refractivity contribution in [1.29, 1.82) is 0 Å². The number of aliphatic hydroxyl groups excluding tert-OH is 1. The maximum Gasteiger partial charge on any atom is 0.135 e. The molecule has 0 radical (unpaired) electrons. The smallest absolute Gasteiger partial charge is 0.135 e. The van der Waals surface area contributed by atoms with Gasteiger partial charge in [-0.1, -0.05) is 31.6 Å².